The minimum atomic E-state index is -1.19. The van der Waals surface area contributed by atoms with Gasteiger partial charge in [-0.3, -0.25) is 9.69 Å². The molecule has 35 heavy (non-hydrogen) atoms. The minimum absolute atomic E-state index is 0.0286. The number of morpholine rings is 1. The van der Waals surface area contributed by atoms with E-state index in [9.17, 15) is 14.7 Å². The monoisotopic (exact) mass is 489 g/mol. The Labute approximate surface area is 209 Å². The quantitative estimate of drug-likeness (QED) is 0.391. The van der Waals surface area contributed by atoms with Crippen molar-refractivity contribution >= 4 is 12.3 Å². The average molecular weight is 490 g/mol. The normalized spacial score (nSPS) is 46.6. The number of carbonyl (C=O) groups excluding carboxylic acids is 1. The molecule has 1 saturated heterocycles. The van der Waals surface area contributed by atoms with E-state index >= 15 is 0 Å². The molecule has 4 fully saturated rings. The topological polar surface area (TPSA) is 85.3 Å². The predicted molar refractivity (Wildman–Crippen MR) is 131 cm³/mol. The van der Waals surface area contributed by atoms with Crippen LogP contribution in [0.2, 0.25) is 0 Å². The van der Waals surface area contributed by atoms with E-state index in [1.54, 1.807) is 7.11 Å². The molecule has 1 unspecified atom stereocenters. The number of aliphatic carboxylic acids is 1. The van der Waals surface area contributed by atoms with Crippen LogP contribution in [-0.4, -0.2) is 74.6 Å². The second kappa shape index (κ2) is 8.93. The number of rotatable bonds is 9. The van der Waals surface area contributed by atoms with E-state index in [1.165, 1.54) is 0 Å². The van der Waals surface area contributed by atoms with Gasteiger partial charge < -0.3 is 24.1 Å². The van der Waals surface area contributed by atoms with Gasteiger partial charge >= 0.3 is 5.97 Å². The van der Waals surface area contributed by atoms with Crippen molar-refractivity contribution in [3.8, 4) is 0 Å². The lowest BCUT2D eigenvalue weighted by atomic mass is 9.43. The molecule has 7 heteroatoms. The number of methoxy groups -OCH3 is 1. The summed E-state index contributed by atoms with van der Waals surface area (Å²) in [5.41, 5.74) is -1.70. The maximum Gasteiger partial charge on any atom is 0.315 e. The van der Waals surface area contributed by atoms with Crippen LogP contribution >= 0.6 is 0 Å². The van der Waals surface area contributed by atoms with Crippen LogP contribution in [0.25, 0.3) is 0 Å². The van der Waals surface area contributed by atoms with Crippen LogP contribution in [0.1, 0.15) is 53.4 Å². The van der Waals surface area contributed by atoms with Gasteiger partial charge in [-0.25, -0.2) is 0 Å². The molecule has 1 aliphatic heterocycles. The second-order valence-electron chi connectivity index (χ2n) is 12.4. The third-order valence-electron chi connectivity index (χ3n) is 10.6. The summed E-state index contributed by atoms with van der Waals surface area (Å²) in [5.74, 6) is 0.296. The Kier molecular flexibility index (Phi) is 6.47. The standard InChI is InChI=1S/C28H43NO6/c1-17(2)23-10-20-11-26(15-30)22-7-6-18(3)21(22)12-27(20,28(23,26)25(31)32)16-34-24-14-29(8-9-33-5)13-19(4)35-24/h10,15,17-22,24H,6-9,11-14,16H2,1-5H3,(H,31,32)/t18-,19-,20-,21-,22-,24-,26+,27?,28+/m1/s1. The molecule has 0 spiro atoms. The van der Waals surface area contributed by atoms with Crippen molar-refractivity contribution in [1.82, 2.24) is 4.90 Å². The number of nitrogens with zero attached hydrogens (tertiary/aromatic N) is 1. The van der Waals surface area contributed by atoms with Crippen molar-refractivity contribution < 1.29 is 28.9 Å². The van der Waals surface area contributed by atoms with Gasteiger partial charge in [-0.2, -0.15) is 0 Å². The summed E-state index contributed by atoms with van der Waals surface area (Å²) in [7, 11) is 1.71. The van der Waals surface area contributed by atoms with Gasteiger partial charge in [-0.1, -0.05) is 38.8 Å². The Morgan fingerprint density at radius 3 is 2.71 bits per heavy atom. The van der Waals surface area contributed by atoms with Crippen LogP contribution in [-0.2, 0) is 23.8 Å². The molecule has 3 saturated carbocycles. The Morgan fingerprint density at radius 1 is 1.29 bits per heavy atom. The zero-order valence-corrected chi connectivity index (χ0v) is 22.0. The lowest BCUT2D eigenvalue weighted by Crippen LogP contribution is -2.64. The van der Waals surface area contributed by atoms with E-state index in [0.717, 1.165) is 44.2 Å². The molecule has 0 radical (unpaired) electrons. The van der Waals surface area contributed by atoms with E-state index in [4.69, 9.17) is 14.2 Å². The molecule has 0 aromatic heterocycles. The van der Waals surface area contributed by atoms with E-state index in [2.05, 4.69) is 31.7 Å². The van der Waals surface area contributed by atoms with Crippen LogP contribution in [0, 0.1) is 45.8 Å². The summed E-state index contributed by atoms with van der Waals surface area (Å²) in [6.07, 6.45) is 6.39. The Morgan fingerprint density at radius 2 is 2.06 bits per heavy atom. The van der Waals surface area contributed by atoms with Crippen LogP contribution in [0.15, 0.2) is 11.6 Å². The minimum Gasteiger partial charge on any atom is -0.481 e. The van der Waals surface area contributed by atoms with Crippen molar-refractivity contribution in [3.63, 3.8) is 0 Å². The van der Waals surface area contributed by atoms with Crippen molar-refractivity contribution in [1.29, 1.82) is 0 Å². The largest absolute Gasteiger partial charge is 0.481 e. The molecule has 4 aliphatic carbocycles. The summed E-state index contributed by atoms with van der Waals surface area (Å²) < 4.78 is 18.0. The molecule has 1 N–H and O–H groups in total. The molecule has 5 aliphatic rings. The summed E-state index contributed by atoms with van der Waals surface area (Å²) >= 11 is 0. The Balaban J connectivity index is 1.51. The number of carboxylic acid groups (broad SMARTS) is 1. The molecule has 7 nitrogen and oxygen atoms in total. The van der Waals surface area contributed by atoms with Gasteiger partial charge in [-0.05, 0) is 55.8 Å². The lowest BCUT2D eigenvalue weighted by Gasteiger charge is -2.58. The second-order valence-corrected chi connectivity index (χ2v) is 12.4. The lowest BCUT2D eigenvalue weighted by molar-refractivity contribution is -0.236. The summed E-state index contributed by atoms with van der Waals surface area (Å²) in [6, 6.07) is 0. The van der Waals surface area contributed by atoms with E-state index in [0.29, 0.717) is 38.0 Å². The molecule has 196 valence electrons. The molecule has 1 heterocycles. The van der Waals surface area contributed by atoms with Crippen LogP contribution in [0.5, 0.6) is 0 Å². The van der Waals surface area contributed by atoms with Gasteiger partial charge in [0.2, 0.25) is 0 Å². The van der Waals surface area contributed by atoms with Gasteiger partial charge in [0.1, 0.15) is 11.7 Å². The molecule has 0 aromatic carbocycles. The number of fused-ring (bicyclic) bond motifs is 2. The van der Waals surface area contributed by atoms with Crippen molar-refractivity contribution in [2.24, 2.45) is 45.8 Å². The van der Waals surface area contributed by atoms with Crippen molar-refractivity contribution in [2.45, 2.75) is 65.8 Å². The summed E-state index contributed by atoms with van der Waals surface area (Å²) in [5, 5.41) is 11.1. The third-order valence-corrected chi connectivity index (χ3v) is 10.6. The van der Waals surface area contributed by atoms with Gasteiger partial charge in [0.15, 0.2) is 6.29 Å². The summed E-state index contributed by atoms with van der Waals surface area (Å²) in [6.45, 7) is 11.7. The number of ether oxygens (including phenoxy) is 3. The Hall–Kier alpha value is -1.28. The van der Waals surface area contributed by atoms with Crippen LogP contribution < -0.4 is 0 Å². The number of aldehydes is 1. The number of carboxylic acids is 1. The molecule has 5 rings (SSSR count). The highest BCUT2D eigenvalue weighted by molar-refractivity contribution is 5.90. The highest BCUT2D eigenvalue weighted by Crippen LogP contribution is 2.82. The summed E-state index contributed by atoms with van der Waals surface area (Å²) in [4.78, 5) is 28.9. The number of hydrogen-bond acceptors (Lipinski definition) is 6. The van der Waals surface area contributed by atoms with Crippen LogP contribution in [0.3, 0.4) is 0 Å². The highest BCUT2D eigenvalue weighted by Gasteiger charge is 2.84. The Bertz CT molecular complexity index is 889. The fourth-order valence-electron chi connectivity index (χ4n) is 9.36. The molecule has 0 amide bonds. The maximum atomic E-state index is 13.5. The zero-order valence-electron chi connectivity index (χ0n) is 22.0. The van der Waals surface area contributed by atoms with E-state index in [1.807, 2.05) is 6.92 Å². The van der Waals surface area contributed by atoms with Crippen LogP contribution in [0.4, 0.5) is 0 Å². The van der Waals surface area contributed by atoms with Gasteiger partial charge in [0, 0.05) is 32.2 Å². The first-order valence-corrected chi connectivity index (χ1v) is 13.6. The van der Waals surface area contributed by atoms with E-state index < -0.39 is 28.5 Å². The van der Waals surface area contributed by atoms with Gasteiger partial charge in [0.25, 0.3) is 0 Å². The number of allylic oxidation sites excluding steroid dienone is 1. The molecule has 4 bridgehead atoms. The highest BCUT2D eigenvalue weighted by atomic mass is 16.7. The predicted octanol–water partition coefficient (Wildman–Crippen LogP) is 3.62. The smallest absolute Gasteiger partial charge is 0.315 e. The van der Waals surface area contributed by atoms with Gasteiger partial charge in [0.05, 0.1) is 24.7 Å². The van der Waals surface area contributed by atoms with Gasteiger partial charge in [-0.15, -0.1) is 0 Å². The molecule has 0 aromatic rings. The maximum absolute atomic E-state index is 13.5. The first kappa shape index (κ1) is 25.4. The molecular formula is C28H43NO6. The average Bonchev–Trinajstić information content (AvgIpc) is 3.38. The fraction of sp³-hybridized carbons (Fsp3) is 0.857. The molecular weight excluding hydrogens is 446 g/mol. The van der Waals surface area contributed by atoms with Crippen molar-refractivity contribution in [3.05, 3.63) is 11.6 Å². The van der Waals surface area contributed by atoms with Crippen molar-refractivity contribution in [2.75, 3.05) is 40.0 Å². The number of carbonyl (C=O) groups is 2. The SMILES string of the molecule is COCCN1C[C@H](OCC23C[C@@H]4[C@H](C)CC[C@H]4[C@@]4(C=O)C[C@H]2C=C(C(C)C)[C@@]34C(=O)O)O[C@H](C)C1. The first-order valence-electron chi connectivity index (χ1n) is 13.6. The third kappa shape index (κ3) is 3.30. The molecule has 9 atom stereocenters. The zero-order chi connectivity index (χ0) is 25.2. The fourth-order valence-corrected chi connectivity index (χ4v) is 9.36. The van der Waals surface area contributed by atoms with E-state index in [-0.39, 0.29) is 23.9 Å². The number of hydrogen-bond donors (Lipinski definition) is 1. The first-order chi connectivity index (χ1) is 16.7.